The van der Waals surface area contributed by atoms with Crippen LogP contribution in [0.25, 0.3) is 5.69 Å². The number of halogens is 1. The molecule has 7 nitrogen and oxygen atoms in total. The molecule has 126 valence electrons. The molecule has 2 aromatic rings. The van der Waals surface area contributed by atoms with Gasteiger partial charge in [0.05, 0.1) is 16.9 Å². The maximum Gasteiger partial charge on any atom is 0.314 e. The van der Waals surface area contributed by atoms with Gasteiger partial charge in [-0.05, 0) is 37.6 Å². The highest BCUT2D eigenvalue weighted by molar-refractivity contribution is 6.30. The van der Waals surface area contributed by atoms with E-state index in [2.05, 4.69) is 10.4 Å². The van der Waals surface area contributed by atoms with Crippen molar-refractivity contribution < 1.29 is 9.59 Å². The third-order valence-electron chi connectivity index (χ3n) is 4.07. The van der Waals surface area contributed by atoms with Crippen LogP contribution in [-0.4, -0.2) is 45.8 Å². The van der Waals surface area contributed by atoms with Crippen molar-refractivity contribution in [2.45, 2.75) is 19.4 Å². The first kappa shape index (κ1) is 16.3. The number of carbonyl (C=O) groups is 2. The van der Waals surface area contributed by atoms with Gasteiger partial charge < -0.3 is 16.0 Å². The number of urea groups is 1. The quantitative estimate of drug-likeness (QED) is 0.885. The Balaban J connectivity index is 1.72. The SMILES string of the molecule is Cc1nn(-c2ccc(Cl)cc2)cc1C(=O)N[C@H]1CCN(C(N)=O)C1. The van der Waals surface area contributed by atoms with Crippen molar-refractivity contribution in [1.82, 2.24) is 20.0 Å². The molecule has 1 fully saturated rings. The smallest absolute Gasteiger partial charge is 0.314 e. The van der Waals surface area contributed by atoms with Gasteiger partial charge in [-0.25, -0.2) is 9.48 Å². The Morgan fingerprint density at radius 2 is 2.04 bits per heavy atom. The number of benzene rings is 1. The average Bonchev–Trinajstić information content (AvgIpc) is 3.15. The number of aryl methyl sites for hydroxylation is 1. The largest absolute Gasteiger partial charge is 0.351 e. The summed E-state index contributed by atoms with van der Waals surface area (Å²) in [6.07, 6.45) is 2.38. The number of aromatic nitrogens is 2. The molecule has 1 saturated heterocycles. The third-order valence-corrected chi connectivity index (χ3v) is 4.32. The van der Waals surface area contributed by atoms with Crippen LogP contribution in [0.15, 0.2) is 30.5 Å². The van der Waals surface area contributed by atoms with Gasteiger partial charge >= 0.3 is 6.03 Å². The summed E-state index contributed by atoms with van der Waals surface area (Å²) >= 11 is 5.88. The molecule has 3 N–H and O–H groups in total. The predicted octanol–water partition coefficient (Wildman–Crippen LogP) is 1.72. The van der Waals surface area contributed by atoms with Gasteiger partial charge in [-0.2, -0.15) is 5.10 Å². The predicted molar refractivity (Wildman–Crippen MR) is 90.3 cm³/mol. The summed E-state index contributed by atoms with van der Waals surface area (Å²) in [7, 11) is 0. The molecule has 0 spiro atoms. The number of nitrogens with two attached hydrogens (primary N) is 1. The Labute approximate surface area is 144 Å². The minimum absolute atomic E-state index is 0.0942. The van der Waals surface area contributed by atoms with Gasteiger partial charge in [-0.3, -0.25) is 4.79 Å². The number of hydrogen-bond donors (Lipinski definition) is 2. The number of rotatable bonds is 3. The van der Waals surface area contributed by atoms with E-state index in [0.29, 0.717) is 35.8 Å². The van der Waals surface area contributed by atoms with Gasteiger partial charge in [0, 0.05) is 30.4 Å². The van der Waals surface area contributed by atoms with Crippen molar-refractivity contribution >= 4 is 23.5 Å². The standard InChI is InChI=1S/C16H18ClN5O2/c1-10-14(9-22(20-10)13-4-2-11(17)3-5-13)15(23)19-12-6-7-21(8-12)16(18)24/h2-5,9,12H,6-8H2,1H3,(H2,18,24)(H,19,23)/t12-/m0/s1. The topological polar surface area (TPSA) is 93.2 Å². The first-order chi connectivity index (χ1) is 11.4. The fourth-order valence-corrected chi connectivity index (χ4v) is 2.88. The molecule has 2 heterocycles. The highest BCUT2D eigenvalue weighted by Gasteiger charge is 2.27. The molecule has 8 heteroatoms. The number of nitrogens with one attached hydrogen (secondary N) is 1. The monoisotopic (exact) mass is 347 g/mol. The number of primary amides is 1. The molecule has 1 atom stereocenters. The Morgan fingerprint density at radius 3 is 2.67 bits per heavy atom. The summed E-state index contributed by atoms with van der Waals surface area (Å²) in [6.45, 7) is 2.78. The summed E-state index contributed by atoms with van der Waals surface area (Å²) in [4.78, 5) is 25.2. The van der Waals surface area contributed by atoms with Crippen LogP contribution in [0, 0.1) is 6.92 Å². The average molecular weight is 348 g/mol. The van der Waals surface area contributed by atoms with E-state index in [9.17, 15) is 9.59 Å². The van der Waals surface area contributed by atoms with Gasteiger partial charge in [0.2, 0.25) is 0 Å². The van der Waals surface area contributed by atoms with Crippen molar-refractivity contribution in [1.29, 1.82) is 0 Å². The highest BCUT2D eigenvalue weighted by Crippen LogP contribution is 2.16. The Kier molecular flexibility index (Phi) is 4.44. The minimum Gasteiger partial charge on any atom is -0.351 e. The molecule has 0 radical (unpaired) electrons. The van der Waals surface area contributed by atoms with Crippen molar-refractivity contribution in [3.63, 3.8) is 0 Å². The van der Waals surface area contributed by atoms with Crippen molar-refractivity contribution in [2.75, 3.05) is 13.1 Å². The number of hydrogen-bond acceptors (Lipinski definition) is 3. The second-order valence-electron chi connectivity index (χ2n) is 5.79. The Morgan fingerprint density at radius 1 is 1.33 bits per heavy atom. The molecular weight excluding hydrogens is 330 g/mol. The molecule has 0 bridgehead atoms. The lowest BCUT2D eigenvalue weighted by molar-refractivity contribution is 0.0937. The number of amides is 3. The first-order valence-electron chi connectivity index (χ1n) is 7.61. The van der Waals surface area contributed by atoms with Crippen LogP contribution >= 0.6 is 11.6 Å². The van der Waals surface area contributed by atoms with E-state index in [1.165, 1.54) is 4.90 Å². The minimum atomic E-state index is -0.460. The molecule has 24 heavy (non-hydrogen) atoms. The maximum atomic E-state index is 12.5. The summed E-state index contributed by atoms with van der Waals surface area (Å²) in [5.74, 6) is -0.205. The summed E-state index contributed by atoms with van der Waals surface area (Å²) in [6, 6.07) is 6.65. The van der Waals surface area contributed by atoms with E-state index in [-0.39, 0.29) is 11.9 Å². The first-order valence-corrected chi connectivity index (χ1v) is 7.99. The van der Waals surface area contributed by atoms with Gasteiger partial charge in [0.15, 0.2) is 0 Å². The van der Waals surface area contributed by atoms with Crippen LogP contribution < -0.4 is 11.1 Å². The lowest BCUT2D eigenvalue weighted by Crippen LogP contribution is -2.40. The Bertz CT molecular complexity index is 771. The fraction of sp³-hybridized carbons (Fsp3) is 0.312. The molecule has 0 aliphatic carbocycles. The van der Waals surface area contributed by atoms with Crippen molar-refractivity contribution in [3.05, 3.63) is 46.7 Å². The Hall–Kier alpha value is -2.54. The number of likely N-dealkylation sites (tertiary alicyclic amines) is 1. The maximum absolute atomic E-state index is 12.5. The van der Waals surface area contributed by atoms with E-state index in [1.807, 2.05) is 12.1 Å². The zero-order chi connectivity index (χ0) is 17.3. The molecule has 0 unspecified atom stereocenters. The molecule has 1 aromatic heterocycles. The van der Waals surface area contributed by atoms with E-state index in [4.69, 9.17) is 17.3 Å². The molecule has 3 rings (SSSR count). The van der Waals surface area contributed by atoms with Crippen molar-refractivity contribution in [2.24, 2.45) is 5.73 Å². The van der Waals surface area contributed by atoms with Crippen LogP contribution in [0.2, 0.25) is 5.02 Å². The molecule has 3 amide bonds. The lowest BCUT2D eigenvalue weighted by Gasteiger charge is -2.14. The summed E-state index contributed by atoms with van der Waals surface area (Å²) in [5.41, 5.74) is 7.21. The van der Waals surface area contributed by atoms with E-state index in [0.717, 1.165) is 5.69 Å². The number of carbonyl (C=O) groups excluding carboxylic acids is 2. The van der Waals surface area contributed by atoms with Gasteiger partial charge in [0.25, 0.3) is 5.91 Å². The lowest BCUT2D eigenvalue weighted by atomic mass is 10.2. The zero-order valence-electron chi connectivity index (χ0n) is 13.2. The van der Waals surface area contributed by atoms with E-state index >= 15 is 0 Å². The fourth-order valence-electron chi connectivity index (χ4n) is 2.75. The summed E-state index contributed by atoms with van der Waals surface area (Å²) < 4.78 is 1.64. The van der Waals surface area contributed by atoms with Crippen molar-refractivity contribution in [3.8, 4) is 5.69 Å². The molecule has 1 aromatic carbocycles. The van der Waals surface area contributed by atoms with Gasteiger partial charge in [-0.15, -0.1) is 0 Å². The second-order valence-corrected chi connectivity index (χ2v) is 6.23. The number of nitrogens with zero attached hydrogens (tertiary/aromatic N) is 3. The van der Waals surface area contributed by atoms with Gasteiger partial charge in [0.1, 0.15) is 0 Å². The molecule has 1 aliphatic heterocycles. The molecular formula is C16H18ClN5O2. The van der Waals surface area contributed by atoms with Crippen LogP contribution in [0.3, 0.4) is 0 Å². The van der Waals surface area contributed by atoms with Crippen LogP contribution in [0.4, 0.5) is 4.79 Å². The molecule has 0 saturated carbocycles. The zero-order valence-corrected chi connectivity index (χ0v) is 14.0. The van der Waals surface area contributed by atoms with E-state index in [1.54, 1.807) is 29.9 Å². The normalized spacial score (nSPS) is 17.1. The van der Waals surface area contributed by atoms with E-state index < -0.39 is 6.03 Å². The van der Waals surface area contributed by atoms with Crippen LogP contribution in [-0.2, 0) is 0 Å². The molecule has 1 aliphatic rings. The van der Waals surface area contributed by atoms with Gasteiger partial charge in [-0.1, -0.05) is 11.6 Å². The van der Waals surface area contributed by atoms with Crippen LogP contribution in [0.1, 0.15) is 22.5 Å². The second kappa shape index (κ2) is 6.52. The van der Waals surface area contributed by atoms with Crippen LogP contribution in [0.5, 0.6) is 0 Å². The third kappa shape index (κ3) is 3.35. The summed E-state index contributed by atoms with van der Waals surface area (Å²) in [5, 5.41) is 7.95. The highest BCUT2D eigenvalue weighted by atomic mass is 35.5.